The van der Waals surface area contributed by atoms with Gasteiger partial charge >= 0.3 is 0 Å². The van der Waals surface area contributed by atoms with Gasteiger partial charge in [-0.25, -0.2) is 0 Å². The summed E-state index contributed by atoms with van der Waals surface area (Å²) in [6, 6.07) is 9.89. The number of nitrogens with zero attached hydrogens (tertiary/aromatic N) is 1. The monoisotopic (exact) mass is 246 g/mol. The zero-order valence-corrected chi connectivity index (χ0v) is 12.1. The standard InChI is InChI=1S/C16H26N2/c1-12(2)13-5-7-14(8-6-13)15-11-17-10-9-16(15)18(3)4/h5-8,12,15-17H,9-11H2,1-4H3. The molecule has 0 bridgehead atoms. The van der Waals surface area contributed by atoms with E-state index in [4.69, 9.17) is 0 Å². The van der Waals surface area contributed by atoms with Crippen LogP contribution < -0.4 is 5.32 Å². The van der Waals surface area contributed by atoms with Crippen molar-refractivity contribution in [3.05, 3.63) is 35.4 Å². The highest BCUT2D eigenvalue weighted by atomic mass is 15.1. The maximum Gasteiger partial charge on any atom is 0.0182 e. The Morgan fingerprint density at radius 1 is 1.17 bits per heavy atom. The Morgan fingerprint density at radius 2 is 1.83 bits per heavy atom. The molecule has 1 fully saturated rings. The Kier molecular flexibility index (Phi) is 4.41. The summed E-state index contributed by atoms with van der Waals surface area (Å²) in [6.45, 7) is 6.74. The molecule has 1 aromatic rings. The fraction of sp³-hybridized carbons (Fsp3) is 0.625. The second kappa shape index (κ2) is 5.85. The average Bonchev–Trinajstić information content (AvgIpc) is 2.39. The molecule has 100 valence electrons. The topological polar surface area (TPSA) is 15.3 Å². The van der Waals surface area contributed by atoms with E-state index in [1.54, 1.807) is 0 Å². The van der Waals surface area contributed by atoms with Crippen LogP contribution >= 0.6 is 0 Å². The van der Waals surface area contributed by atoms with Crippen molar-refractivity contribution in [3.8, 4) is 0 Å². The van der Waals surface area contributed by atoms with Crippen LogP contribution in [-0.2, 0) is 0 Å². The number of benzene rings is 1. The minimum atomic E-state index is 0.619. The first-order valence-corrected chi connectivity index (χ1v) is 7.06. The summed E-state index contributed by atoms with van der Waals surface area (Å²) in [6.07, 6.45) is 1.24. The summed E-state index contributed by atoms with van der Waals surface area (Å²) in [5.74, 6) is 1.24. The Labute approximate surface area is 111 Å². The fourth-order valence-corrected chi connectivity index (χ4v) is 2.93. The maximum absolute atomic E-state index is 3.53. The van der Waals surface area contributed by atoms with Crippen molar-refractivity contribution in [1.29, 1.82) is 0 Å². The van der Waals surface area contributed by atoms with Crippen LogP contribution in [0.15, 0.2) is 24.3 Å². The van der Waals surface area contributed by atoms with Gasteiger partial charge in [0.1, 0.15) is 0 Å². The molecule has 2 unspecified atom stereocenters. The van der Waals surface area contributed by atoms with Gasteiger partial charge in [0, 0.05) is 18.5 Å². The lowest BCUT2D eigenvalue weighted by Gasteiger charge is -2.37. The summed E-state index contributed by atoms with van der Waals surface area (Å²) >= 11 is 0. The van der Waals surface area contributed by atoms with Gasteiger partial charge in [0.05, 0.1) is 0 Å². The number of likely N-dealkylation sites (N-methyl/N-ethyl adjacent to an activating group) is 1. The third-order valence-corrected chi connectivity index (χ3v) is 4.14. The third kappa shape index (κ3) is 2.93. The largest absolute Gasteiger partial charge is 0.316 e. The van der Waals surface area contributed by atoms with E-state index in [9.17, 15) is 0 Å². The van der Waals surface area contributed by atoms with Crippen molar-refractivity contribution < 1.29 is 0 Å². The molecule has 0 amide bonds. The van der Waals surface area contributed by atoms with Crippen LogP contribution in [0.5, 0.6) is 0 Å². The lowest BCUT2D eigenvalue weighted by Crippen LogP contribution is -2.45. The van der Waals surface area contributed by atoms with Gasteiger partial charge in [-0.05, 0) is 44.1 Å². The highest BCUT2D eigenvalue weighted by molar-refractivity contribution is 5.29. The second-order valence-corrected chi connectivity index (χ2v) is 5.95. The molecule has 18 heavy (non-hydrogen) atoms. The predicted octanol–water partition coefficient (Wildman–Crippen LogP) is 2.82. The van der Waals surface area contributed by atoms with Gasteiger partial charge in [0.2, 0.25) is 0 Å². The fourth-order valence-electron chi connectivity index (χ4n) is 2.93. The highest BCUT2D eigenvalue weighted by Gasteiger charge is 2.27. The van der Waals surface area contributed by atoms with E-state index in [0.29, 0.717) is 17.9 Å². The Morgan fingerprint density at radius 3 is 2.39 bits per heavy atom. The van der Waals surface area contributed by atoms with Crippen molar-refractivity contribution in [2.75, 3.05) is 27.2 Å². The van der Waals surface area contributed by atoms with E-state index in [0.717, 1.165) is 13.1 Å². The zero-order chi connectivity index (χ0) is 13.1. The molecule has 0 saturated carbocycles. The molecular formula is C16H26N2. The second-order valence-electron chi connectivity index (χ2n) is 5.95. The van der Waals surface area contributed by atoms with Crippen LogP contribution in [0.3, 0.4) is 0 Å². The molecule has 1 N–H and O–H groups in total. The molecule has 2 heteroatoms. The summed E-state index contributed by atoms with van der Waals surface area (Å²) in [4.78, 5) is 2.38. The van der Waals surface area contributed by atoms with Crippen molar-refractivity contribution in [3.63, 3.8) is 0 Å². The normalized spacial score (nSPS) is 24.8. The van der Waals surface area contributed by atoms with E-state index in [-0.39, 0.29) is 0 Å². The molecule has 1 heterocycles. The van der Waals surface area contributed by atoms with E-state index in [1.165, 1.54) is 17.5 Å². The number of piperidine rings is 1. The van der Waals surface area contributed by atoms with Gasteiger partial charge in [-0.15, -0.1) is 0 Å². The van der Waals surface area contributed by atoms with Gasteiger partial charge in [0.15, 0.2) is 0 Å². The number of rotatable bonds is 3. The van der Waals surface area contributed by atoms with Crippen LogP contribution in [0.25, 0.3) is 0 Å². The van der Waals surface area contributed by atoms with E-state index >= 15 is 0 Å². The minimum Gasteiger partial charge on any atom is -0.316 e. The van der Waals surface area contributed by atoms with Crippen LogP contribution in [0, 0.1) is 0 Å². The first-order chi connectivity index (χ1) is 8.59. The summed E-state index contributed by atoms with van der Waals surface area (Å²) in [5, 5.41) is 3.53. The quantitative estimate of drug-likeness (QED) is 0.882. The first-order valence-electron chi connectivity index (χ1n) is 7.06. The first kappa shape index (κ1) is 13.6. The van der Waals surface area contributed by atoms with E-state index in [2.05, 4.69) is 62.4 Å². The van der Waals surface area contributed by atoms with Crippen LogP contribution in [0.2, 0.25) is 0 Å². The van der Waals surface area contributed by atoms with Crippen molar-refractivity contribution in [2.24, 2.45) is 0 Å². The molecule has 1 aromatic carbocycles. The summed E-state index contributed by atoms with van der Waals surface area (Å²) in [7, 11) is 4.40. The van der Waals surface area contributed by atoms with Crippen molar-refractivity contribution >= 4 is 0 Å². The Balaban J connectivity index is 2.18. The zero-order valence-electron chi connectivity index (χ0n) is 12.1. The maximum atomic E-state index is 3.53. The average molecular weight is 246 g/mol. The van der Waals surface area contributed by atoms with Gasteiger partial charge in [0.25, 0.3) is 0 Å². The Hall–Kier alpha value is -0.860. The van der Waals surface area contributed by atoms with Crippen LogP contribution in [0.4, 0.5) is 0 Å². The SMILES string of the molecule is CC(C)c1ccc(C2CNCCC2N(C)C)cc1. The van der Waals surface area contributed by atoms with Gasteiger partial charge in [-0.2, -0.15) is 0 Å². The molecule has 0 aromatic heterocycles. The van der Waals surface area contributed by atoms with E-state index in [1.807, 2.05) is 0 Å². The van der Waals surface area contributed by atoms with Gasteiger partial charge in [-0.1, -0.05) is 38.1 Å². The molecule has 2 rings (SSSR count). The third-order valence-electron chi connectivity index (χ3n) is 4.14. The minimum absolute atomic E-state index is 0.619. The molecule has 2 atom stereocenters. The lowest BCUT2D eigenvalue weighted by atomic mass is 9.85. The summed E-state index contributed by atoms with van der Waals surface area (Å²) in [5.41, 5.74) is 2.91. The molecule has 2 nitrogen and oxygen atoms in total. The van der Waals surface area contributed by atoms with E-state index < -0.39 is 0 Å². The lowest BCUT2D eigenvalue weighted by molar-refractivity contribution is 0.209. The number of nitrogens with one attached hydrogen (secondary N) is 1. The van der Waals surface area contributed by atoms with Crippen molar-refractivity contribution in [2.45, 2.75) is 38.1 Å². The predicted molar refractivity (Wildman–Crippen MR) is 78.2 cm³/mol. The molecule has 1 aliphatic rings. The van der Waals surface area contributed by atoms with Crippen molar-refractivity contribution in [1.82, 2.24) is 10.2 Å². The number of hydrogen-bond donors (Lipinski definition) is 1. The molecular weight excluding hydrogens is 220 g/mol. The van der Waals surface area contributed by atoms with Crippen LogP contribution in [-0.4, -0.2) is 38.1 Å². The molecule has 1 saturated heterocycles. The molecule has 0 spiro atoms. The smallest absolute Gasteiger partial charge is 0.0182 e. The van der Waals surface area contributed by atoms with Gasteiger partial charge in [-0.3, -0.25) is 0 Å². The summed E-state index contributed by atoms with van der Waals surface area (Å²) < 4.78 is 0. The Bertz CT molecular complexity index is 367. The molecule has 0 aliphatic carbocycles. The molecule has 0 radical (unpaired) electrons. The van der Waals surface area contributed by atoms with Gasteiger partial charge < -0.3 is 10.2 Å². The molecule has 1 aliphatic heterocycles. The number of hydrogen-bond acceptors (Lipinski definition) is 2. The van der Waals surface area contributed by atoms with Crippen LogP contribution in [0.1, 0.15) is 43.2 Å². The highest BCUT2D eigenvalue weighted by Crippen LogP contribution is 2.27.